The van der Waals surface area contributed by atoms with E-state index in [2.05, 4.69) is 4.98 Å². The molecule has 0 saturated heterocycles. The van der Waals surface area contributed by atoms with Crippen molar-refractivity contribution >= 4 is 5.91 Å². The maximum absolute atomic E-state index is 11.7. The van der Waals surface area contributed by atoms with Crippen molar-refractivity contribution in [3.8, 4) is 0 Å². The summed E-state index contributed by atoms with van der Waals surface area (Å²) < 4.78 is 0. The van der Waals surface area contributed by atoms with Crippen LogP contribution in [0.2, 0.25) is 0 Å². The Balaban J connectivity index is 2.41. The highest BCUT2D eigenvalue weighted by Gasteiger charge is 2.11. The van der Waals surface area contributed by atoms with Gasteiger partial charge in [-0.3, -0.25) is 9.78 Å². The highest BCUT2D eigenvalue weighted by atomic mass is 16.2. The van der Waals surface area contributed by atoms with Gasteiger partial charge in [-0.2, -0.15) is 0 Å². The van der Waals surface area contributed by atoms with E-state index in [0.29, 0.717) is 6.42 Å². The van der Waals surface area contributed by atoms with Crippen LogP contribution in [-0.2, 0) is 11.2 Å². The van der Waals surface area contributed by atoms with Crippen LogP contribution >= 0.6 is 0 Å². The molecule has 1 heterocycles. The molecule has 0 spiro atoms. The summed E-state index contributed by atoms with van der Waals surface area (Å²) in [5.41, 5.74) is 1.11. The minimum Gasteiger partial charge on any atom is -0.343 e. The number of hydrogen-bond acceptors (Lipinski definition) is 2. The van der Waals surface area contributed by atoms with Gasteiger partial charge in [-0.1, -0.05) is 6.07 Å². The van der Waals surface area contributed by atoms with Crippen molar-refractivity contribution in [2.75, 3.05) is 7.05 Å². The third-order valence-corrected chi connectivity index (χ3v) is 2.52. The zero-order valence-electron chi connectivity index (χ0n) is 9.60. The van der Waals surface area contributed by atoms with Crippen LogP contribution < -0.4 is 0 Å². The predicted octanol–water partition coefficient (Wildman–Crippen LogP) is 1.88. The van der Waals surface area contributed by atoms with Gasteiger partial charge >= 0.3 is 0 Å². The Morgan fingerprint density at radius 2 is 2.27 bits per heavy atom. The van der Waals surface area contributed by atoms with Crippen LogP contribution in [0.15, 0.2) is 24.5 Å². The number of nitrogens with zero attached hydrogens (tertiary/aromatic N) is 2. The molecule has 0 radical (unpaired) electrons. The van der Waals surface area contributed by atoms with Crippen molar-refractivity contribution in [3.05, 3.63) is 30.1 Å². The standard InChI is InChI=1S/C12H18N2O/c1-10(2)14(3)12(15)7-6-11-5-4-8-13-9-11/h4-5,8-10H,6-7H2,1-3H3. The molecular formula is C12H18N2O. The van der Waals surface area contributed by atoms with Gasteiger partial charge in [0, 0.05) is 31.9 Å². The summed E-state index contributed by atoms with van der Waals surface area (Å²) in [4.78, 5) is 17.5. The fourth-order valence-electron chi connectivity index (χ4n) is 1.26. The lowest BCUT2D eigenvalue weighted by Crippen LogP contribution is -2.33. The normalized spacial score (nSPS) is 10.4. The van der Waals surface area contributed by atoms with Crippen LogP contribution in [0.3, 0.4) is 0 Å². The van der Waals surface area contributed by atoms with Crippen molar-refractivity contribution in [1.82, 2.24) is 9.88 Å². The second-order valence-corrected chi connectivity index (χ2v) is 3.96. The van der Waals surface area contributed by atoms with E-state index in [9.17, 15) is 4.79 Å². The third kappa shape index (κ3) is 3.70. The number of hydrogen-bond donors (Lipinski definition) is 0. The predicted molar refractivity (Wildman–Crippen MR) is 60.5 cm³/mol. The number of pyridine rings is 1. The van der Waals surface area contributed by atoms with E-state index in [-0.39, 0.29) is 11.9 Å². The first-order valence-corrected chi connectivity index (χ1v) is 5.26. The topological polar surface area (TPSA) is 33.2 Å². The highest BCUT2D eigenvalue weighted by Crippen LogP contribution is 2.04. The molecule has 1 rings (SSSR count). The van der Waals surface area contributed by atoms with Crippen molar-refractivity contribution in [3.63, 3.8) is 0 Å². The Labute approximate surface area is 91.1 Å². The Hall–Kier alpha value is -1.38. The van der Waals surface area contributed by atoms with Gasteiger partial charge in [0.05, 0.1) is 0 Å². The summed E-state index contributed by atoms with van der Waals surface area (Å²) in [6, 6.07) is 4.16. The first kappa shape index (κ1) is 11.7. The molecule has 3 nitrogen and oxygen atoms in total. The lowest BCUT2D eigenvalue weighted by atomic mass is 10.1. The maximum atomic E-state index is 11.7. The van der Waals surface area contributed by atoms with Crippen LogP contribution in [0.5, 0.6) is 0 Å². The van der Waals surface area contributed by atoms with Gasteiger partial charge in [-0.25, -0.2) is 0 Å². The minimum absolute atomic E-state index is 0.189. The van der Waals surface area contributed by atoms with E-state index in [1.807, 2.05) is 39.2 Å². The fraction of sp³-hybridized carbons (Fsp3) is 0.500. The second kappa shape index (κ2) is 5.49. The largest absolute Gasteiger partial charge is 0.343 e. The van der Waals surface area contributed by atoms with E-state index in [4.69, 9.17) is 0 Å². The molecule has 0 aromatic carbocycles. The average Bonchev–Trinajstić information content (AvgIpc) is 2.26. The van der Waals surface area contributed by atoms with Crippen LogP contribution in [0.25, 0.3) is 0 Å². The zero-order chi connectivity index (χ0) is 11.3. The molecule has 0 N–H and O–H groups in total. The first-order valence-electron chi connectivity index (χ1n) is 5.26. The molecule has 0 atom stereocenters. The summed E-state index contributed by atoms with van der Waals surface area (Å²) in [7, 11) is 1.84. The Bertz CT molecular complexity index is 309. The van der Waals surface area contributed by atoms with Crippen LogP contribution in [0.1, 0.15) is 25.8 Å². The van der Waals surface area contributed by atoms with Gasteiger partial charge in [-0.05, 0) is 31.9 Å². The molecule has 0 unspecified atom stereocenters. The SMILES string of the molecule is CC(C)N(C)C(=O)CCc1cccnc1. The van der Waals surface area contributed by atoms with E-state index < -0.39 is 0 Å². The van der Waals surface area contributed by atoms with Gasteiger partial charge in [0.2, 0.25) is 5.91 Å². The molecule has 0 aliphatic heterocycles. The minimum atomic E-state index is 0.189. The number of aromatic nitrogens is 1. The number of aryl methyl sites for hydroxylation is 1. The molecule has 1 amide bonds. The molecule has 0 aliphatic rings. The molecule has 1 aromatic heterocycles. The molecule has 82 valence electrons. The summed E-state index contributed by atoms with van der Waals surface area (Å²) in [5, 5.41) is 0. The quantitative estimate of drug-likeness (QED) is 0.753. The van der Waals surface area contributed by atoms with Gasteiger partial charge in [0.25, 0.3) is 0 Å². The number of carbonyl (C=O) groups is 1. The monoisotopic (exact) mass is 206 g/mol. The Kier molecular flexibility index (Phi) is 4.28. The van der Waals surface area contributed by atoms with Crippen molar-refractivity contribution in [2.45, 2.75) is 32.7 Å². The molecule has 0 saturated carbocycles. The van der Waals surface area contributed by atoms with Crippen molar-refractivity contribution in [1.29, 1.82) is 0 Å². The van der Waals surface area contributed by atoms with E-state index >= 15 is 0 Å². The number of amides is 1. The molecular weight excluding hydrogens is 188 g/mol. The van der Waals surface area contributed by atoms with Gasteiger partial charge < -0.3 is 4.90 Å². The van der Waals surface area contributed by atoms with Crippen LogP contribution in [-0.4, -0.2) is 28.9 Å². The lowest BCUT2D eigenvalue weighted by molar-refractivity contribution is -0.131. The van der Waals surface area contributed by atoms with Gasteiger partial charge in [-0.15, -0.1) is 0 Å². The molecule has 0 aliphatic carbocycles. The van der Waals surface area contributed by atoms with Gasteiger partial charge in [0.15, 0.2) is 0 Å². The average molecular weight is 206 g/mol. The summed E-state index contributed by atoms with van der Waals surface area (Å²) in [6.45, 7) is 4.03. The van der Waals surface area contributed by atoms with Crippen LogP contribution in [0.4, 0.5) is 0 Å². The zero-order valence-corrected chi connectivity index (χ0v) is 9.60. The number of rotatable bonds is 4. The maximum Gasteiger partial charge on any atom is 0.222 e. The molecule has 0 bridgehead atoms. The summed E-state index contributed by atoms with van der Waals surface area (Å²) in [6.07, 6.45) is 4.87. The summed E-state index contributed by atoms with van der Waals surface area (Å²) >= 11 is 0. The highest BCUT2D eigenvalue weighted by molar-refractivity contribution is 5.76. The first-order chi connectivity index (χ1) is 7.11. The second-order valence-electron chi connectivity index (χ2n) is 3.96. The van der Waals surface area contributed by atoms with Crippen LogP contribution in [0, 0.1) is 0 Å². The summed E-state index contributed by atoms with van der Waals surface area (Å²) in [5.74, 6) is 0.189. The van der Waals surface area contributed by atoms with E-state index in [0.717, 1.165) is 12.0 Å². The van der Waals surface area contributed by atoms with E-state index in [1.165, 1.54) is 0 Å². The lowest BCUT2D eigenvalue weighted by Gasteiger charge is -2.21. The van der Waals surface area contributed by atoms with Gasteiger partial charge in [0.1, 0.15) is 0 Å². The Morgan fingerprint density at radius 3 is 2.80 bits per heavy atom. The van der Waals surface area contributed by atoms with Crippen molar-refractivity contribution < 1.29 is 4.79 Å². The molecule has 0 fully saturated rings. The fourth-order valence-corrected chi connectivity index (χ4v) is 1.26. The molecule has 1 aromatic rings. The van der Waals surface area contributed by atoms with Crippen molar-refractivity contribution in [2.24, 2.45) is 0 Å². The third-order valence-electron chi connectivity index (χ3n) is 2.52. The Morgan fingerprint density at radius 1 is 1.53 bits per heavy atom. The molecule has 3 heteroatoms. The number of carbonyl (C=O) groups excluding carboxylic acids is 1. The van der Waals surface area contributed by atoms with E-state index in [1.54, 1.807) is 11.1 Å². The smallest absolute Gasteiger partial charge is 0.222 e. The molecule has 15 heavy (non-hydrogen) atoms.